The first-order valence-electron chi connectivity index (χ1n) is 6.75. The number of benzene rings is 1. The van der Waals surface area contributed by atoms with E-state index in [4.69, 9.17) is 5.73 Å². The summed E-state index contributed by atoms with van der Waals surface area (Å²) in [6.45, 7) is 5.01. The molecule has 1 unspecified atom stereocenters. The second-order valence-corrected chi connectivity index (χ2v) is 5.26. The summed E-state index contributed by atoms with van der Waals surface area (Å²) in [5.74, 6) is 0.804. The van der Waals surface area contributed by atoms with Crippen molar-refractivity contribution in [2.75, 3.05) is 6.54 Å². The molecule has 0 amide bonds. The molecule has 1 aromatic carbocycles. The van der Waals surface area contributed by atoms with Crippen molar-refractivity contribution in [2.24, 2.45) is 11.7 Å². The third-order valence-electron chi connectivity index (χ3n) is 3.20. The van der Waals surface area contributed by atoms with Crippen LogP contribution >= 0.6 is 0 Å². The minimum absolute atomic E-state index is 0.127. The summed E-state index contributed by atoms with van der Waals surface area (Å²) in [5, 5.41) is 0. The van der Waals surface area contributed by atoms with E-state index in [1.807, 2.05) is 0 Å². The highest BCUT2D eigenvalue weighted by Gasteiger charge is 2.13. The first-order valence-corrected chi connectivity index (χ1v) is 6.75. The summed E-state index contributed by atoms with van der Waals surface area (Å²) in [6.07, 6.45) is 6.30. The third-order valence-corrected chi connectivity index (χ3v) is 3.20. The molecule has 2 N–H and O–H groups in total. The van der Waals surface area contributed by atoms with Crippen LogP contribution in [0.4, 0.5) is 0 Å². The van der Waals surface area contributed by atoms with E-state index >= 15 is 0 Å². The standard InChI is InChI=1S/C16H21N3/c1-12(2)9-13-3-5-14(6-4-13)15(10-17)16-11-18-7-8-19-16/h3-8,11-12,15H,9-10,17H2,1-2H3. The first-order chi connectivity index (χ1) is 9.20. The van der Waals surface area contributed by atoms with Crippen molar-refractivity contribution in [1.29, 1.82) is 0 Å². The minimum Gasteiger partial charge on any atom is -0.329 e. The molecule has 0 fully saturated rings. The summed E-state index contributed by atoms with van der Waals surface area (Å²) in [5.41, 5.74) is 9.39. The number of aromatic nitrogens is 2. The maximum absolute atomic E-state index is 5.89. The normalized spacial score (nSPS) is 12.6. The van der Waals surface area contributed by atoms with Crippen LogP contribution in [0.5, 0.6) is 0 Å². The largest absolute Gasteiger partial charge is 0.329 e. The van der Waals surface area contributed by atoms with E-state index in [2.05, 4.69) is 48.1 Å². The van der Waals surface area contributed by atoms with Crippen molar-refractivity contribution < 1.29 is 0 Å². The number of nitrogens with two attached hydrogens (primary N) is 1. The molecule has 2 aromatic rings. The van der Waals surface area contributed by atoms with Gasteiger partial charge in [-0.05, 0) is 23.5 Å². The predicted octanol–water partition coefficient (Wildman–Crippen LogP) is 2.77. The molecule has 19 heavy (non-hydrogen) atoms. The molecule has 0 spiro atoms. The van der Waals surface area contributed by atoms with Crippen LogP contribution in [0.25, 0.3) is 0 Å². The molecule has 1 heterocycles. The second kappa shape index (κ2) is 6.43. The van der Waals surface area contributed by atoms with E-state index in [1.54, 1.807) is 18.6 Å². The van der Waals surface area contributed by atoms with Crippen LogP contribution < -0.4 is 5.73 Å². The van der Waals surface area contributed by atoms with Gasteiger partial charge in [-0.2, -0.15) is 0 Å². The van der Waals surface area contributed by atoms with E-state index < -0.39 is 0 Å². The lowest BCUT2D eigenvalue weighted by Gasteiger charge is -2.15. The maximum atomic E-state index is 5.89. The average molecular weight is 255 g/mol. The molecule has 2 rings (SSSR count). The molecule has 0 aliphatic heterocycles. The molecule has 0 bridgehead atoms. The van der Waals surface area contributed by atoms with Crippen LogP contribution in [0.2, 0.25) is 0 Å². The van der Waals surface area contributed by atoms with Crippen LogP contribution in [0.1, 0.15) is 36.6 Å². The topological polar surface area (TPSA) is 51.8 Å². The van der Waals surface area contributed by atoms with Crippen molar-refractivity contribution in [3.63, 3.8) is 0 Å². The molecular weight excluding hydrogens is 234 g/mol. The fourth-order valence-electron chi connectivity index (χ4n) is 2.28. The Labute approximate surface area is 114 Å². The summed E-state index contributed by atoms with van der Waals surface area (Å²) < 4.78 is 0. The molecule has 3 heteroatoms. The zero-order chi connectivity index (χ0) is 13.7. The Bertz CT molecular complexity index is 491. The molecule has 100 valence electrons. The monoisotopic (exact) mass is 255 g/mol. The van der Waals surface area contributed by atoms with Crippen LogP contribution in [0.3, 0.4) is 0 Å². The zero-order valence-corrected chi connectivity index (χ0v) is 11.6. The Morgan fingerprint density at radius 2 is 1.84 bits per heavy atom. The molecule has 0 saturated heterocycles. The highest BCUT2D eigenvalue weighted by atomic mass is 14.8. The maximum Gasteiger partial charge on any atom is 0.0674 e. The second-order valence-electron chi connectivity index (χ2n) is 5.26. The smallest absolute Gasteiger partial charge is 0.0674 e. The number of rotatable bonds is 5. The van der Waals surface area contributed by atoms with E-state index in [0.29, 0.717) is 12.5 Å². The van der Waals surface area contributed by atoms with Gasteiger partial charge in [0.05, 0.1) is 5.69 Å². The van der Waals surface area contributed by atoms with Gasteiger partial charge in [0, 0.05) is 31.1 Å². The predicted molar refractivity (Wildman–Crippen MR) is 77.9 cm³/mol. The van der Waals surface area contributed by atoms with Crippen LogP contribution in [-0.2, 0) is 6.42 Å². The van der Waals surface area contributed by atoms with Crippen LogP contribution in [0.15, 0.2) is 42.9 Å². The van der Waals surface area contributed by atoms with Crippen molar-refractivity contribution in [2.45, 2.75) is 26.2 Å². The summed E-state index contributed by atoms with van der Waals surface area (Å²) in [7, 11) is 0. The zero-order valence-electron chi connectivity index (χ0n) is 11.6. The first kappa shape index (κ1) is 13.7. The van der Waals surface area contributed by atoms with Gasteiger partial charge in [0.25, 0.3) is 0 Å². The van der Waals surface area contributed by atoms with Gasteiger partial charge in [-0.1, -0.05) is 38.1 Å². The van der Waals surface area contributed by atoms with Gasteiger partial charge >= 0.3 is 0 Å². The van der Waals surface area contributed by atoms with Gasteiger partial charge in [-0.3, -0.25) is 9.97 Å². The molecule has 0 aliphatic carbocycles. The van der Waals surface area contributed by atoms with Gasteiger partial charge in [0.1, 0.15) is 0 Å². The Balaban J connectivity index is 2.20. The highest BCUT2D eigenvalue weighted by molar-refractivity contribution is 5.31. The third kappa shape index (κ3) is 3.61. The average Bonchev–Trinajstić information content (AvgIpc) is 2.42. The van der Waals surface area contributed by atoms with Gasteiger partial charge < -0.3 is 5.73 Å². The Morgan fingerprint density at radius 3 is 2.37 bits per heavy atom. The number of nitrogens with zero attached hydrogens (tertiary/aromatic N) is 2. The molecule has 1 atom stereocenters. The van der Waals surface area contributed by atoms with Crippen LogP contribution in [0, 0.1) is 5.92 Å². The van der Waals surface area contributed by atoms with E-state index in [-0.39, 0.29) is 5.92 Å². The summed E-state index contributed by atoms with van der Waals surface area (Å²) in [6, 6.07) is 8.69. The molecule has 0 aliphatic rings. The van der Waals surface area contributed by atoms with Gasteiger partial charge in [0.15, 0.2) is 0 Å². The van der Waals surface area contributed by atoms with E-state index in [0.717, 1.165) is 12.1 Å². The SMILES string of the molecule is CC(C)Cc1ccc(C(CN)c2cnccn2)cc1. The Kier molecular flexibility index (Phi) is 4.63. The summed E-state index contributed by atoms with van der Waals surface area (Å²) in [4.78, 5) is 8.47. The van der Waals surface area contributed by atoms with Gasteiger partial charge in [0.2, 0.25) is 0 Å². The minimum atomic E-state index is 0.127. The lowest BCUT2D eigenvalue weighted by molar-refractivity contribution is 0.647. The highest BCUT2D eigenvalue weighted by Crippen LogP contribution is 2.22. The number of hydrogen-bond donors (Lipinski definition) is 1. The van der Waals surface area contributed by atoms with Gasteiger partial charge in [-0.25, -0.2) is 0 Å². The quantitative estimate of drug-likeness (QED) is 0.893. The Hall–Kier alpha value is -1.74. The lowest BCUT2D eigenvalue weighted by Crippen LogP contribution is -2.15. The van der Waals surface area contributed by atoms with Gasteiger partial charge in [-0.15, -0.1) is 0 Å². The van der Waals surface area contributed by atoms with Crippen molar-refractivity contribution >= 4 is 0 Å². The fourth-order valence-corrected chi connectivity index (χ4v) is 2.28. The van der Waals surface area contributed by atoms with Crippen molar-refractivity contribution in [1.82, 2.24) is 9.97 Å². The summed E-state index contributed by atoms with van der Waals surface area (Å²) >= 11 is 0. The Morgan fingerprint density at radius 1 is 1.11 bits per heavy atom. The number of hydrogen-bond acceptors (Lipinski definition) is 3. The lowest BCUT2D eigenvalue weighted by atomic mass is 9.93. The molecule has 3 nitrogen and oxygen atoms in total. The van der Waals surface area contributed by atoms with Crippen LogP contribution in [-0.4, -0.2) is 16.5 Å². The van der Waals surface area contributed by atoms with E-state index in [9.17, 15) is 0 Å². The molecular formula is C16H21N3. The van der Waals surface area contributed by atoms with E-state index in [1.165, 1.54) is 11.1 Å². The molecule has 0 radical (unpaired) electrons. The molecule has 1 aromatic heterocycles. The fraction of sp³-hybridized carbons (Fsp3) is 0.375. The molecule has 0 saturated carbocycles. The van der Waals surface area contributed by atoms with Crippen molar-refractivity contribution in [3.8, 4) is 0 Å². The van der Waals surface area contributed by atoms with Crippen molar-refractivity contribution in [3.05, 3.63) is 59.7 Å².